The third-order valence-electron chi connectivity index (χ3n) is 4.39. The lowest BCUT2D eigenvalue weighted by molar-refractivity contribution is 0.522. The van der Waals surface area contributed by atoms with E-state index in [1.54, 1.807) is 12.3 Å². The van der Waals surface area contributed by atoms with Crippen LogP contribution in [0.4, 0.5) is 4.39 Å². The summed E-state index contributed by atoms with van der Waals surface area (Å²) >= 11 is 0. The number of hydrogen-bond donors (Lipinski definition) is 0. The lowest BCUT2D eigenvalue weighted by atomic mass is 9.85. The molecule has 1 aliphatic carbocycles. The van der Waals surface area contributed by atoms with Crippen molar-refractivity contribution in [1.82, 2.24) is 4.98 Å². The van der Waals surface area contributed by atoms with Crippen molar-refractivity contribution in [1.29, 1.82) is 0 Å². The maximum atomic E-state index is 13.1. The average molecular weight is 269 g/mol. The number of hydrogen-bond acceptors (Lipinski definition) is 1. The lowest BCUT2D eigenvalue weighted by Gasteiger charge is -2.19. The van der Waals surface area contributed by atoms with E-state index in [1.807, 2.05) is 0 Å². The normalized spacial score (nSPS) is 16.1. The van der Waals surface area contributed by atoms with E-state index < -0.39 is 0 Å². The first kappa shape index (κ1) is 13.3. The molecule has 0 fully saturated rings. The van der Waals surface area contributed by atoms with E-state index >= 15 is 0 Å². The highest BCUT2D eigenvalue weighted by Crippen LogP contribution is 2.38. The van der Waals surface area contributed by atoms with Crippen LogP contribution in [0.25, 0.3) is 0 Å². The van der Waals surface area contributed by atoms with Crippen molar-refractivity contribution >= 4 is 0 Å². The predicted molar refractivity (Wildman–Crippen MR) is 79.4 cm³/mol. The minimum absolute atomic E-state index is 0.252. The van der Waals surface area contributed by atoms with E-state index in [9.17, 15) is 4.39 Å². The molecule has 0 amide bonds. The van der Waals surface area contributed by atoms with Gasteiger partial charge in [-0.2, -0.15) is 0 Å². The molecule has 0 radical (unpaired) electrons. The molecule has 1 aromatic heterocycles. The standard InChI is InChI=1S/C18H20FN/c1-18(2)8-7-15-6-5-13(10-17(15)18)3-4-14-9-16(19)12-20-11-14/h5-6,9-12H,3-4,7-8H2,1-2H3. The molecule has 3 rings (SSSR count). The number of aryl methyl sites for hydroxylation is 3. The topological polar surface area (TPSA) is 12.9 Å². The summed E-state index contributed by atoms with van der Waals surface area (Å²) in [6, 6.07) is 8.40. The highest BCUT2D eigenvalue weighted by molar-refractivity contribution is 5.41. The molecule has 0 spiro atoms. The molecule has 1 aliphatic rings. The molecular weight excluding hydrogens is 249 g/mol. The van der Waals surface area contributed by atoms with E-state index in [0.29, 0.717) is 5.41 Å². The van der Waals surface area contributed by atoms with Crippen LogP contribution < -0.4 is 0 Å². The lowest BCUT2D eigenvalue weighted by Crippen LogP contribution is -2.12. The van der Waals surface area contributed by atoms with Gasteiger partial charge in [-0.05, 0) is 59.4 Å². The van der Waals surface area contributed by atoms with Crippen LogP contribution in [0.5, 0.6) is 0 Å². The maximum absolute atomic E-state index is 13.1. The predicted octanol–water partition coefficient (Wildman–Crippen LogP) is 4.23. The molecule has 0 bridgehead atoms. The molecule has 1 heterocycles. The van der Waals surface area contributed by atoms with Crippen molar-refractivity contribution in [3.8, 4) is 0 Å². The van der Waals surface area contributed by atoms with E-state index in [-0.39, 0.29) is 5.82 Å². The summed E-state index contributed by atoms with van der Waals surface area (Å²) in [7, 11) is 0. The van der Waals surface area contributed by atoms with E-state index in [2.05, 4.69) is 37.0 Å². The summed E-state index contributed by atoms with van der Waals surface area (Å²) in [5.74, 6) is -0.252. The Bertz CT molecular complexity index is 631. The second-order valence-electron chi connectivity index (χ2n) is 6.39. The highest BCUT2D eigenvalue weighted by atomic mass is 19.1. The molecule has 2 aromatic rings. The molecule has 0 atom stereocenters. The smallest absolute Gasteiger partial charge is 0.141 e. The Morgan fingerprint density at radius 3 is 2.70 bits per heavy atom. The first-order valence-electron chi connectivity index (χ1n) is 7.26. The summed E-state index contributed by atoms with van der Waals surface area (Å²) in [5, 5.41) is 0. The summed E-state index contributed by atoms with van der Waals surface area (Å²) in [6.45, 7) is 4.64. The van der Waals surface area contributed by atoms with Crippen molar-refractivity contribution in [3.63, 3.8) is 0 Å². The third-order valence-corrected chi connectivity index (χ3v) is 4.39. The van der Waals surface area contributed by atoms with E-state index in [1.165, 1.54) is 35.7 Å². The van der Waals surface area contributed by atoms with Crippen LogP contribution in [0.1, 0.15) is 42.5 Å². The van der Waals surface area contributed by atoms with E-state index in [0.717, 1.165) is 18.4 Å². The Morgan fingerprint density at radius 1 is 1.10 bits per heavy atom. The minimum Gasteiger partial charge on any atom is -0.261 e. The Morgan fingerprint density at radius 2 is 1.90 bits per heavy atom. The summed E-state index contributed by atoms with van der Waals surface area (Å²) in [5.41, 5.74) is 5.58. The fourth-order valence-corrected chi connectivity index (χ4v) is 3.09. The zero-order valence-electron chi connectivity index (χ0n) is 12.1. The molecule has 20 heavy (non-hydrogen) atoms. The Hall–Kier alpha value is -1.70. The van der Waals surface area contributed by atoms with Gasteiger partial charge in [0.05, 0.1) is 6.20 Å². The fraction of sp³-hybridized carbons (Fsp3) is 0.389. The van der Waals surface area contributed by atoms with Crippen LogP contribution in [0.15, 0.2) is 36.7 Å². The second kappa shape index (κ2) is 5.01. The van der Waals surface area contributed by atoms with Crippen LogP contribution in [0.3, 0.4) is 0 Å². The summed E-state index contributed by atoms with van der Waals surface area (Å²) in [4.78, 5) is 3.90. The Kier molecular flexibility index (Phi) is 3.33. The van der Waals surface area contributed by atoms with Crippen LogP contribution in [0, 0.1) is 5.82 Å². The number of halogens is 1. The van der Waals surface area contributed by atoms with Gasteiger partial charge in [-0.25, -0.2) is 4.39 Å². The van der Waals surface area contributed by atoms with Gasteiger partial charge in [0.2, 0.25) is 0 Å². The average Bonchev–Trinajstić information content (AvgIpc) is 2.72. The van der Waals surface area contributed by atoms with Crippen LogP contribution in [0.2, 0.25) is 0 Å². The van der Waals surface area contributed by atoms with Crippen molar-refractivity contribution in [2.45, 2.75) is 44.9 Å². The number of benzene rings is 1. The van der Waals surface area contributed by atoms with Crippen molar-refractivity contribution in [2.24, 2.45) is 0 Å². The first-order chi connectivity index (χ1) is 9.54. The van der Waals surface area contributed by atoms with Gasteiger partial charge in [-0.1, -0.05) is 32.0 Å². The molecule has 1 aromatic carbocycles. The SMILES string of the molecule is CC1(C)CCc2ccc(CCc3cncc(F)c3)cc21. The van der Waals surface area contributed by atoms with Crippen LogP contribution >= 0.6 is 0 Å². The fourth-order valence-electron chi connectivity index (χ4n) is 3.09. The first-order valence-corrected chi connectivity index (χ1v) is 7.26. The van der Waals surface area contributed by atoms with Gasteiger partial charge in [0.15, 0.2) is 0 Å². The molecule has 104 valence electrons. The summed E-state index contributed by atoms with van der Waals surface area (Å²) < 4.78 is 13.1. The van der Waals surface area contributed by atoms with Gasteiger partial charge in [-0.3, -0.25) is 4.98 Å². The number of aromatic nitrogens is 1. The third kappa shape index (κ3) is 2.60. The van der Waals surface area contributed by atoms with Gasteiger partial charge < -0.3 is 0 Å². The van der Waals surface area contributed by atoms with Gasteiger partial charge in [-0.15, -0.1) is 0 Å². The second-order valence-corrected chi connectivity index (χ2v) is 6.39. The maximum Gasteiger partial charge on any atom is 0.141 e. The molecule has 0 unspecified atom stereocenters. The molecule has 0 saturated carbocycles. The molecule has 0 aliphatic heterocycles. The number of fused-ring (bicyclic) bond motifs is 1. The molecule has 1 nitrogen and oxygen atoms in total. The van der Waals surface area contributed by atoms with Crippen molar-refractivity contribution in [3.05, 3.63) is 64.7 Å². The number of rotatable bonds is 3. The van der Waals surface area contributed by atoms with Crippen molar-refractivity contribution < 1.29 is 4.39 Å². The minimum atomic E-state index is -0.252. The largest absolute Gasteiger partial charge is 0.261 e. The van der Waals surface area contributed by atoms with Crippen LogP contribution in [-0.4, -0.2) is 4.98 Å². The molecule has 2 heteroatoms. The van der Waals surface area contributed by atoms with Gasteiger partial charge in [0, 0.05) is 6.20 Å². The van der Waals surface area contributed by atoms with E-state index in [4.69, 9.17) is 0 Å². The Balaban J connectivity index is 1.76. The highest BCUT2D eigenvalue weighted by Gasteiger charge is 2.29. The summed E-state index contributed by atoms with van der Waals surface area (Å²) in [6.07, 6.45) is 7.20. The van der Waals surface area contributed by atoms with Gasteiger partial charge in [0.1, 0.15) is 5.82 Å². The monoisotopic (exact) mass is 269 g/mol. The van der Waals surface area contributed by atoms with Crippen molar-refractivity contribution in [2.75, 3.05) is 0 Å². The zero-order chi connectivity index (χ0) is 14.2. The van der Waals surface area contributed by atoms with Gasteiger partial charge >= 0.3 is 0 Å². The zero-order valence-corrected chi connectivity index (χ0v) is 12.1. The quantitative estimate of drug-likeness (QED) is 0.812. The molecular formula is C18H20FN. The molecule has 0 N–H and O–H groups in total. The Labute approximate surface area is 119 Å². The molecule has 0 saturated heterocycles. The van der Waals surface area contributed by atoms with Crippen LogP contribution in [-0.2, 0) is 24.7 Å². The number of pyridine rings is 1. The number of nitrogens with zero attached hydrogens (tertiary/aromatic N) is 1. The van der Waals surface area contributed by atoms with Gasteiger partial charge in [0.25, 0.3) is 0 Å².